The van der Waals surface area contributed by atoms with Gasteiger partial charge in [0.25, 0.3) is 0 Å². The first-order valence-electron chi connectivity index (χ1n) is 3.18. The summed E-state index contributed by atoms with van der Waals surface area (Å²) in [7, 11) is 0. The van der Waals surface area contributed by atoms with E-state index in [1.165, 1.54) is 11.3 Å². The smallest absolute Gasteiger partial charge is 0.176 e. The number of aromatic nitrogens is 1. The normalized spacial score (nSPS) is 11.1. The van der Waals surface area contributed by atoms with Gasteiger partial charge in [-0.1, -0.05) is 0 Å². The molecule has 0 aliphatic rings. The lowest BCUT2D eigenvalue weighted by molar-refractivity contribution is 0.502. The number of rotatable bonds is 0. The fourth-order valence-corrected chi connectivity index (χ4v) is 2.93. The van der Waals surface area contributed by atoms with Gasteiger partial charge < -0.3 is 0 Å². The maximum atomic E-state index is 13.1. The summed E-state index contributed by atoms with van der Waals surface area (Å²) in [4.78, 5) is 3.92. The van der Waals surface area contributed by atoms with Crippen LogP contribution in [0.1, 0.15) is 0 Å². The highest BCUT2D eigenvalue weighted by Gasteiger charge is 2.18. The summed E-state index contributed by atoms with van der Waals surface area (Å²) in [6, 6.07) is 0. The van der Waals surface area contributed by atoms with Crippen molar-refractivity contribution in [2.75, 3.05) is 0 Å². The topological polar surface area (TPSA) is 12.9 Å². The first-order valence-corrected chi connectivity index (χ1v) is 5.64. The number of hydrogen-bond acceptors (Lipinski definition) is 2. The van der Waals surface area contributed by atoms with E-state index in [-0.39, 0.29) is 8.95 Å². The Kier molecular flexibility index (Phi) is 2.37. The van der Waals surface area contributed by atoms with Gasteiger partial charge in [-0.25, -0.2) is 13.8 Å². The molecule has 0 atom stereocenters. The Morgan fingerprint density at radius 2 is 1.77 bits per heavy atom. The third-order valence-corrected chi connectivity index (χ3v) is 4.13. The molecule has 2 rings (SSSR count). The highest BCUT2D eigenvalue weighted by Crippen LogP contribution is 2.36. The van der Waals surface area contributed by atoms with Crippen LogP contribution in [-0.2, 0) is 0 Å². The SMILES string of the molecule is Fc1c(F)c(Br)c2scnc2c1Br. The minimum absolute atomic E-state index is 0.0736. The highest BCUT2D eigenvalue weighted by atomic mass is 79.9. The zero-order valence-electron chi connectivity index (χ0n) is 5.94. The summed E-state index contributed by atoms with van der Waals surface area (Å²) in [6.07, 6.45) is 0. The minimum atomic E-state index is -0.912. The Morgan fingerprint density at radius 3 is 2.46 bits per heavy atom. The first kappa shape index (κ1) is 9.48. The fraction of sp³-hybridized carbons (Fsp3) is 0. The van der Waals surface area contributed by atoms with Crippen molar-refractivity contribution in [3.63, 3.8) is 0 Å². The van der Waals surface area contributed by atoms with Gasteiger partial charge in [-0.05, 0) is 31.9 Å². The van der Waals surface area contributed by atoms with Crippen molar-refractivity contribution in [1.82, 2.24) is 4.98 Å². The van der Waals surface area contributed by atoms with Crippen LogP contribution in [-0.4, -0.2) is 4.98 Å². The lowest BCUT2D eigenvalue weighted by atomic mass is 10.3. The monoisotopic (exact) mass is 327 g/mol. The molecule has 0 spiro atoms. The van der Waals surface area contributed by atoms with Gasteiger partial charge in [0, 0.05) is 0 Å². The molecular formula is C7HBr2F2NS. The van der Waals surface area contributed by atoms with E-state index >= 15 is 0 Å². The number of halogens is 4. The van der Waals surface area contributed by atoms with Crippen molar-refractivity contribution < 1.29 is 8.78 Å². The van der Waals surface area contributed by atoms with E-state index in [1.54, 1.807) is 5.51 Å². The minimum Gasteiger partial charge on any atom is -0.243 e. The second kappa shape index (κ2) is 3.25. The Labute approximate surface area is 93.0 Å². The molecule has 68 valence electrons. The van der Waals surface area contributed by atoms with Crippen LogP contribution in [0.15, 0.2) is 14.5 Å². The molecular weight excluding hydrogens is 328 g/mol. The number of hydrogen-bond donors (Lipinski definition) is 0. The molecule has 0 bridgehead atoms. The molecule has 2 aromatic rings. The summed E-state index contributed by atoms with van der Waals surface area (Å²) in [5, 5.41) is 0. The first-order chi connectivity index (χ1) is 6.13. The Hall–Kier alpha value is -0.0700. The zero-order chi connectivity index (χ0) is 9.59. The Balaban J connectivity index is 3.02. The van der Waals surface area contributed by atoms with Crippen molar-refractivity contribution >= 4 is 53.4 Å². The van der Waals surface area contributed by atoms with Crippen LogP contribution in [0.5, 0.6) is 0 Å². The van der Waals surface area contributed by atoms with E-state index in [9.17, 15) is 8.78 Å². The van der Waals surface area contributed by atoms with Crippen LogP contribution < -0.4 is 0 Å². The summed E-state index contributed by atoms with van der Waals surface area (Å²) in [6.45, 7) is 0. The molecule has 0 aliphatic heterocycles. The van der Waals surface area contributed by atoms with E-state index in [0.717, 1.165) is 0 Å². The molecule has 0 N–H and O–H groups in total. The maximum Gasteiger partial charge on any atom is 0.176 e. The van der Waals surface area contributed by atoms with Gasteiger partial charge in [-0.15, -0.1) is 11.3 Å². The molecule has 1 aromatic carbocycles. The quantitative estimate of drug-likeness (QED) is 0.524. The van der Waals surface area contributed by atoms with E-state index in [0.29, 0.717) is 10.2 Å². The van der Waals surface area contributed by atoms with Gasteiger partial charge >= 0.3 is 0 Å². The average Bonchev–Trinajstić information content (AvgIpc) is 2.59. The predicted molar refractivity (Wildman–Crippen MR) is 54.9 cm³/mol. The molecule has 13 heavy (non-hydrogen) atoms. The number of fused-ring (bicyclic) bond motifs is 1. The van der Waals surface area contributed by atoms with Crippen LogP contribution in [0, 0.1) is 11.6 Å². The Morgan fingerprint density at radius 1 is 1.15 bits per heavy atom. The average molecular weight is 329 g/mol. The number of nitrogens with zero attached hydrogens (tertiary/aromatic N) is 1. The molecule has 0 unspecified atom stereocenters. The molecule has 0 saturated heterocycles. The number of thiazole rings is 1. The molecule has 0 radical (unpaired) electrons. The van der Waals surface area contributed by atoms with Gasteiger partial charge in [-0.3, -0.25) is 0 Å². The standard InChI is InChI=1S/C7HBr2F2NS/c8-2-4(10)5(11)3(9)7-6(2)12-1-13-7/h1H. The van der Waals surface area contributed by atoms with Gasteiger partial charge in [0.1, 0.15) is 0 Å². The zero-order valence-corrected chi connectivity index (χ0v) is 9.93. The molecule has 1 nitrogen and oxygen atoms in total. The second-order valence-corrected chi connectivity index (χ2v) is 4.73. The van der Waals surface area contributed by atoms with E-state index in [2.05, 4.69) is 36.8 Å². The third kappa shape index (κ3) is 1.31. The van der Waals surface area contributed by atoms with Crippen LogP contribution in [0.2, 0.25) is 0 Å². The molecule has 1 aromatic heterocycles. The molecule has 0 aliphatic carbocycles. The van der Waals surface area contributed by atoms with E-state index in [1.807, 2.05) is 0 Å². The molecule has 0 saturated carbocycles. The largest absolute Gasteiger partial charge is 0.243 e. The predicted octanol–water partition coefficient (Wildman–Crippen LogP) is 4.10. The lowest BCUT2D eigenvalue weighted by Gasteiger charge is -2.00. The molecule has 0 amide bonds. The van der Waals surface area contributed by atoms with Crippen LogP contribution in [0.25, 0.3) is 10.2 Å². The van der Waals surface area contributed by atoms with Gasteiger partial charge in [0.15, 0.2) is 11.6 Å². The fourth-order valence-electron chi connectivity index (χ4n) is 0.955. The Bertz CT molecular complexity index is 441. The van der Waals surface area contributed by atoms with Crippen molar-refractivity contribution in [2.45, 2.75) is 0 Å². The van der Waals surface area contributed by atoms with Crippen molar-refractivity contribution in [2.24, 2.45) is 0 Å². The third-order valence-electron chi connectivity index (χ3n) is 1.55. The van der Waals surface area contributed by atoms with E-state index < -0.39 is 11.6 Å². The maximum absolute atomic E-state index is 13.1. The highest BCUT2D eigenvalue weighted by molar-refractivity contribution is 9.11. The molecule has 6 heteroatoms. The number of benzene rings is 1. The summed E-state index contributed by atoms with van der Waals surface area (Å²) in [5.74, 6) is -1.80. The van der Waals surface area contributed by atoms with Crippen LogP contribution in [0.3, 0.4) is 0 Å². The van der Waals surface area contributed by atoms with Crippen molar-refractivity contribution in [1.29, 1.82) is 0 Å². The van der Waals surface area contributed by atoms with Gasteiger partial charge in [-0.2, -0.15) is 0 Å². The molecule has 1 heterocycles. The molecule has 0 fully saturated rings. The van der Waals surface area contributed by atoms with Gasteiger partial charge in [0.05, 0.1) is 24.7 Å². The summed E-state index contributed by atoms with van der Waals surface area (Å²) < 4.78 is 27.0. The lowest BCUT2D eigenvalue weighted by Crippen LogP contribution is -1.88. The van der Waals surface area contributed by atoms with Crippen molar-refractivity contribution in [3.05, 3.63) is 26.1 Å². The second-order valence-electron chi connectivity index (χ2n) is 2.29. The van der Waals surface area contributed by atoms with Crippen LogP contribution >= 0.6 is 43.2 Å². The van der Waals surface area contributed by atoms with E-state index in [4.69, 9.17) is 0 Å². The summed E-state index contributed by atoms with van der Waals surface area (Å²) in [5.41, 5.74) is 1.98. The summed E-state index contributed by atoms with van der Waals surface area (Å²) >= 11 is 7.19. The van der Waals surface area contributed by atoms with Gasteiger partial charge in [0.2, 0.25) is 0 Å². The van der Waals surface area contributed by atoms with Crippen LogP contribution in [0.4, 0.5) is 8.78 Å². The van der Waals surface area contributed by atoms with Crippen molar-refractivity contribution in [3.8, 4) is 0 Å².